The molecule has 0 aliphatic carbocycles. The molecule has 12 aromatic rings. The van der Waals surface area contributed by atoms with Crippen molar-refractivity contribution in [2.24, 2.45) is 0 Å². The number of carbonyl (C=O) groups is 6. The maximum Gasteiger partial charge on any atom is 0.524 e. The summed E-state index contributed by atoms with van der Waals surface area (Å²) in [6.45, 7) is 14.1. The minimum atomic E-state index is -4.68. The molecule has 0 bridgehead atoms. The lowest BCUT2D eigenvalue weighted by molar-refractivity contribution is -0.139. The van der Waals surface area contributed by atoms with Gasteiger partial charge in [-0.1, -0.05) is 94.6 Å². The van der Waals surface area contributed by atoms with Gasteiger partial charge in [0.15, 0.2) is 29.0 Å². The topological polar surface area (TPSA) is 437 Å². The lowest BCUT2D eigenvalue weighted by atomic mass is 10.1. The monoisotopic (exact) mass is 1660 g/mol. The van der Waals surface area contributed by atoms with E-state index in [1.54, 1.807) is 37.3 Å². The van der Waals surface area contributed by atoms with Crippen molar-refractivity contribution in [3.05, 3.63) is 208 Å². The first-order chi connectivity index (χ1) is 58.3. The van der Waals surface area contributed by atoms with Gasteiger partial charge in [0, 0.05) is 90.5 Å². The van der Waals surface area contributed by atoms with E-state index in [9.17, 15) is 58.4 Å². The number of unbranched alkanes of at least 4 members (excludes halogenated alkanes) is 3. The van der Waals surface area contributed by atoms with Crippen molar-refractivity contribution in [2.75, 3.05) is 76.5 Å². The molecule has 9 heterocycles. The van der Waals surface area contributed by atoms with Crippen LogP contribution in [0.3, 0.4) is 0 Å². The quantitative estimate of drug-likeness (QED) is 0.00791. The Morgan fingerprint density at radius 1 is 0.388 bits per heavy atom. The molecule has 0 radical (unpaired) electrons. The molecular weight excluding hydrogens is 1570 g/mol. The fraction of sp³-hybridized carbons (Fsp3) is 0.326. The van der Waals surface area contributed by atoms with Crippen molar-refractivity contribution in [3.8, 4) is 23.0 Å². The van der Waals surface area contributed by atoms with Gasteiger partial charge in [-0.05, 0) is 146 Å². The van der Waals surface area contributed by atoms with Crippen LogP contribution in [0.4, 0.5) is 17.5 Å². The van der Waals surface area contributed by atoms with Gasteiger partial charge in [0.25, 0.3) is 35.4 Å². The molecule has 0 saturated carbocycles. The molecule has 0 atom stereocenters. The number of benzene rings is 6. The summed E-state index contributed by atoms with van der Waals surface area (Å²) in [5.41, 5.74) is 33.1. The fourth-order valence-corrected chi connectivity index (χ4v) is 15.4. The zero-order chi connectivity index (χ0) is 85.8. The van der Waals surface area contributed by atoms with Crippen molar-refractivity contribution in [2.45, 2.75) is 131 Å². The van der Waals surface area contributed by atoms with Crippen LogP contribution in [0.25, 0.3) is 65.8 Å². The number of hydrogen-bond acceptors (Lipinski definition) is 23. The number of phosphoric acid groups is 1. The van der Waals surface area contributed by atoms with Crippen molar-refractivity contribution in [3.63, 3.8) is 0 Å². The number of phenols is 3. The maximum atomic E-state index is 11.7. The first kappa shape index (κ1) is 86.1. The standard InChI is InChI=1S/C30H34N5O7P.C30H33N5O4.C29H31N5O5/c1-3-4-5-25-33-28-29(35(25)18-21-7-9-24(19(2)16-21)42-43(38,39)40)22-17-20(6-8-23(22)32-30(28)31)12-14-41-15-13-34-26(36)10-11-27(34)37;1-3-4-5-25-33-28-29(35(25)18-21-7-9-24(36)19(2)16-21)22-17-20(6-8-23(22)32-30(28)31)12-14-39-15-13-34-26(37)10-11-27(34)38;1-2-3-7-23-32-26-27(34(23)17-19-5-4-6-22(35)28(19)38)20-16-18(8-9-21(20)31-29(26)30)12-14-39-15-13-33-24(36)10-11-25(33)37/h6-11,16-17H,3-5,12-15,18H2,1-2H3,(H2,31,32)(H2,38,39,40);6-11,16-17,36H,3-5,12-15,18H2,1-2H3,(H2,31,32);4-6,8-11,16,35,38H,2-3,7,12-15,17H2,1H3,(H2,30,31). The summed E-state index contributed by atoms with van der Waals surface area (Å²) < 4.78 is 39.8. The van der Waals surface area contributed by atoms with Gasteiger partial charge < -0.3 is 65.0 Å². The number of amides is 6. The number of fused-ring (bicyclic) bond motifs is 9. The van der Waals surface area contributed by atoms with E-state index >= 15 is 0 Å². The Hall–Kier alpha value is -12.8. The molecule has 3 aliphatic rings. The summed E-state index contributed by atoms with van der Waals surface area (Å²) >= 11 is 0. The van der Waals surface area contributed by atoms with E-state index in [1.807, 2.05) is 61.5 Å². The smallest absolute Gasteiger partial charge is 0.508 e. The van der Waals surface area contributed by atoms with Crippen LogP contribution in [0.1, 0.15) is 121 Å². The number of aromatic nitrogens is 9. The van der Waals surface area contributed by atoms with E-state index in [1.165, 1.54) is 47.4 Å². The molecule has 11 N–H and O–H groups in total. The number of carbonyl (C=O) groups excluding carboxylic acids is 6. The third kappa shape index (κ3) is 20.2. The van der Waals surface area contributed by atoms with Gasteiger partial charge in [0.2, 0.25) is 0 Å². The molecule has 0 fully saturated rings. The number of aromatic hydroxyl groups is 3. The number of hydrogen-bond donors (Lipinski definition) is 8. The lowest BCUT2D eigenvalue weighted by Gasteiger charge is -2.14. The Bertz CT molecular complexity index is 6070. The van der Waals surface area contributed by atoms with Gasteiger partial charge in [0.1, 0.15) is 45.5 Å². The average molecular weight is 1660 g/mol. The second kappa shape index (κ2) is 38.5. The van der Waals surface area contributed by atoms with Gasteiger partial charge in [-0.25, -0.2) is 34.5 Å². The molecule has 6 aromatic carbocycles. The summed E-state index contributed by atoms with van der Waals surface area (Å²) in [7, 11) is -4.68. The largest absolute Gasteiger partial charge is 0.524 e. The van der Waals surface area contributed by atoms with Gasteiger partial charge in [0.05, 0.1) is 98.9 Å². The highest BCUT2D eigenvalue weighted by Gasteiger charge is 2.28. The number of phenolic OH excluding ortho intramolecular Hbond substituents is 3. The number of imide groups is 3. The molecule has 31 nitrogen and oxygen atoms in total. The third-order valence-corrected chi connectivity index (χ3v) is 21.7. The van der Waals surface area contributed by atoms with Crippen LogP contribution < -0.4 is 21.7 Å². The minimum Gasteiger partial charge on any atom is -0.508 e. The average Bonchev–Trinajstić information content (AvgIpc) is 1.62. The van der Waals surface area contributed by atoms with E-state index in [-0.39, 0.29) is 97.9 Å². The number of phosphoric ester groups is 1. The van der Waals surface area contributed by atoms with Crippen LogP contribution in [0, 0.1) is 13.8 Å². The molecule has 3 aliphatic heterocycles. The van der Waals surface area contributed by atoms with Crippen LogP contribution in [0.2, 0.25) is 0 Å². The number of nitrogens with two attached hydrogens (primary N) is 3. The van der Waals surface area contributed by atoms with Gasteiger partial charge >= 0.3 is 7.82 Å². The molecule has 121 heavy (non-hydrogen) atoms. The number of ether oxygens (including phenoxy) is 3. The number of nitrogen functional groups attached to an aromatic ring is 3. The highest BCUT2D eigenvalue weighted by Crippen LogP contribution is 2.41. The number of nitrogens with zero attached hydrogens (tertiary/aromatic N) is 12. The number of imidazole rings is 3. The van der Waals surface area contributed by atoms with Gasteiger partial charge in [-0.3, -0.25) is 53.3 Å². The van der Waals surface area contributed by atoms with E-state index in [2.05, 4.69) is 67.6 Å². The van der Waals surface area contributed by atoms with Crippen LogP contribution in [-0.2, 0) is 106 Å². The number of rotatable bonds is 35. The number of anilines is 3. The molecular formula is C89H98N15O16P. The van der Waals surface area contributed by atoms with Crippen molar-refractivity contribution in [1.29, 1.82) is 0 Å². The predicted molar refractivity (Wildman–Crippen MR) is 459 cm³/mol. The molecule has 0 saturated heterocycles. The van der Waals surface area contributed by atoms with Crippen molar-refractivity contribution in [1.82, 2.24) is 58.3 Å². The highest BCUT2D eigenvalue weighted by atomic mass is 31.2. The van der Waals surface area contributed by atoms with E-state index < -0.39 is 7.82 Å². The van der Waals surface area contributed by atoms with E-state index in [0.29, 0.717) is 104 Å². The lowest BCUT2D eigenvalue weighted by Crippen LogP contribution is -2.33. The second-order valence-corrected chi connectivity index (χ2v) is 31.1. The summed E-state index contributed by atoms with van der Waals surface area (Å²) in [4.78, 5) is 121. The van der Waals surface area contributed by atoms with Gasteiger partial charge in [-0.2, -0.15) is 0 Å². The molecule has 0 spiro atoms. The zero-order valence-corrected chi connectivity index (χ0v) is 69.0. The van der Waals surface area contributed by atoms with Crippen molar-refractivity contribution < 1.29 is 77.2 Å². The summed E-state index contributed by atoms with van der Waals surface area (Å²) in [6, 6.07) is 33.8. The number of para-hydroxylation sites is 1. The predicted octanol–water partition coefficient (Wildman–Crippen LogP) is 11.3. The van der Waals surface area contributed by atoms with Crippen LogP contribution in [-0.4, -0.2) is 178 Å². The Balaban J connectivity index is 0.000000157. The molecule has 6 amide bonds. The van der Waals surface area contributed by atoms with Gasteiger partial charge in [-0.15, -0.1) is 0 Å². The highest BCUT2D eigenvalue weighted by molar-refractivity contribution is 7.46. The first-order valence-corrected chi connectivity index (χ1v) is 42.0. The van der Waals surface area contributed by atoms with Crippen LogP contribution in [0.15, 0.2) is 146 Å². The van der Waals surface area contributed by atoms with Crippen LogP contribution >= 0.6 is 7.82 Å². The zero-order valence-electron chi connectivity index (χ0n) is 68.1. The molecule has 6 aromatic heterocycles. The first-order valence-electron chi connectivity index (χ1n) is 40.4. The van der Waals surface area contributed by atoms with Crippen LogP contribution in [0.5, 0.6) is 23.0 Å². The Labute approximate surface area is 697 Å². The number of aryl methyl sites for hydroxylation is 5. The normalized spacial score (nSPS) is 13.5. The summed E-state index contributed by atoms with van der Waals surface area (Å²) in [5.74, 6) is 1.97. The fourth-order valence-electron chi connectivity index (χ4n) is 15.0. The summed E-state index contributed by atoms with van der Waals surface area (Å²) in [5, 5.41) is 33.3. The third-order valence-electron chi connectivity index (χ3n) is 21.3. The molecule has 0 unspecified atom stereocenters. The molecule has 15 rings (SSSR count). The maximum absolute atomic E-state index is 11.7. The summed E-state index contributed by atoms with van der Waals surface area (Å²) in [6.07, 6.45) is 17.7. The van der Waals surface area contributed by atoms with E-state index in [4.69, 9.17) is 50.9 Å². The Morgan fingerprint density at radius 3 is 1.08 bits per heavy atom. The Morgan fingerprint density at radius 2 is 0.736 bits per heavy atom. The number of pyridine rings is 3. The molecule has 630 valence electrons. The second-order valence-electron chi connectivity index (χ2n) is 29.9. The SMILES string of the molecule is CCCCc1nc2c(N)nc3ccc(CCOCCN4C(=O)C=CC4=O)cc3c2n1Cc1ccc(O)c(C)c1.CCCCc1nc2c(N)nc3ccc(CCOCCN4C(=O)C=CC4=O)cc3c2n1Cc1ccc(OP(=O)(O)O)c(C)c1.CCCCc1nc2c(N)nc3ccc(CCOCCN4C(=O)C=CC4=O)cc3c2n1Cc1cccc(O)c1O. The molecule has 32 heteroatoms. The minimum absolute atomic E-state index is 0.125. The van der Waals surface area contributed by atoms with Crippen molar-refractivity contribution >= 4 is 127 Å². The van der Waals surface area contributed by atoms with E-state index in [0.717, 1.165) is 168 Å². The Kier molecular flexibility index (Phi) is 27.4.